The Bertz CT molecular complexity index is 926. The van der Waals surface area contributed by atoms with Gasteiger partial charge in [-0.15, -0.1) is 0 Å². The molecular weight excluding hydrogens is 569 g/mol. The largest absolute Gasteiger partial charge is 0.376 e. The average Bonchev–Trinajstić information content (AvgIpc) is 2.84. The van der Waals surface area contributed by atoms with E-state index in [2.05, 4.69) is 31.4 Å². The fourth-order valence-electron chi connectivity index (χ4n) is 4.38. The Morgan fingerprint density at radius 2 is 1.29 bits per heavy atom. The first-order chi connectivity index (χ1) is 19.1. The molecule has 0 saturated heterocycles. The van der Waals surface area contributed by atoms with E-state index in [1.807, 2.05) is 60.2 Å². The van der Waals surface area contributed by atoms with Crippen LogP contribution in [0.15, 0.2) is 0 Å². The lowest BCUT2D eigenvalue weighted by Crippen LogP contribution is -2.49. The van der Waals surface area contributed by atoms with Crippen molar-refractivity contribution >= 4 is 46.8 Å². The van der Waals surface area contributed by atoms with Crippen LogP contribution in [0.1, 0.15) is 122 Å². The Balaban J connectivity index is 2.57. The van der Waals surface area contributed by atoms with E-state index in [-0.39, 0.29) is 40.3 Å². The van der Waals surface area contributed by atoms with Gasteiger partial charge in [0.2, 0.25) is 5.91 Å². The summed E-state index contributed by atoms with van der Waals surface area (Å²) >= 11 is 3.59. The molecule has 0 aromatic rings. The molecule has 244 valence electrons. The summed E-state index contributed by atoms with van der Waals surface area (Å²) in [4.78, 5) is 50.4. The fourth-order valence-corrected chi connectivity index (χ4v) is 7.67. The molecule has 0 aromatic carbocycles. The lowest BCUT2D eigenvalue weighted by Gasteiger charge is -2.38. The van der Waals surface area contributed by atoms with Crippen molar-refractivity contribution in [3.05, 3.63) is 0 Å². The molecule has 0 radical (unpaired) electrons. The standard InChI is InChI=1S/C33H60N2O5S2/c1-13-31(7,8)28(38)16-17-33(11,12)40-19-18-32(9,10)29(39)34-24(22(2)36)20-41-26-14-15-27(26)42-21-25(23(3)37)35-30(4,5)6/h24-27,35H,13-21H2,1-12H3,(H,34,39). The van der Waals surface area contributed by atoms with Crippen molar-refractivity contribution in [2.45, 2.75) is 155 Å². The zero-order valence-electron chi connectivity index (χ0n) is 28.5. The third kappa shape index (κ3) is 13.8. The van der Waals surface area contributed by atoms with Gasteiger partial charge < -0.3 is 15.4 Å². The normalized spacial score (nSPS) is 19.5. The average molecular weight is 629 g/mol. The number of hydrogen-bond donors (Lipinski definition) is 2. The number of carbonyl (C=O) groups excluding carboxylic acids is 4. The summed E-state index contributed by atoms with van der Waals surface area (Å²) in [5, 5.41) is 7.29. The molecule has 0 bridgehead atoms. The molecule has 0 heterocycles. The van der Waals surface area contributed by atoms with Gasteiger partial charge in [0.05, 0.1) is 17.7 Å². The number of amides is 1. The Labute approximate surface area is 265 Å². The summed E-state index contributed by atoms with van der Waals surface area (Å²) in [7, 11) is 0. The molecule has 1 saturated carbocycles. The van der Waals surface area contributed by atoms with Gasteiger partial charge in [0.25, 0.3) is 0 Å². The van der Waals surface area contributed by atoms with Crippen LogP contribution in [0.25, 0.3) is 0 Å². The summed E-state index contributed by atoms with van der Waals surface area (Å²) in [6.07, 6.45) is 4.62. The quantitative estimate of drug-likeness (QED) is 0.160. The number of ether oxygens (including phenoxy) is 1. The van der Waals surface area contributed by atoms with Crippen molar-refractivity contribution in [1.29, 1.82) is 0 Å². The van der Waals surface area contributed by atoms with E-state index in [1.165, 1.54) is 6.92 Å². The van der Waals surface area contributed by atoms with Gasteiger partial charge in [0.15, 0.2) is 5.78 Å². The minimum atomic E-state index is -0.703. The highest BCUT2D eigenvalue weighted by Gasteiger charge is 2.36. The van der Waals surface area contributed by atoms with Gasteiger partial charge in [-0.1, -0.05) is 34.6 Å². The predicted octanol–water partition coefficient (Wildman–Crippen LogP) is 6.40. The summed E-state index contributed by atoms with van der Waals surface area (Å²) in [5.74, 6) is 1.49. The van der Waals surface area contributed by atoms with Crippen LogP contribution in [0.4, 0.5) is 0 Å². The van der Waals surface area contributed by atoms with Gasteiger partial charge >= 0.3 is 0 Å². The molecular formula is C33H60N2O5S2. The van der Waals surface area contributed by atoms with Crippen LogP contribution >= 0.6 is 23.5 Å². The van der Waals surface area contributed by atoms with Crippen molar-refractivity contribution in [3.8, 4) is 0 Å². The van der Waals surface area contributed by atoms with Crippen LogP contribution in [-0.2, 0) is 23.9 Å². The van der Waals surface area contributed by atoms with Crippen molar-refractivity contribution in [3.63, 3.8) is 0 Å². The van der Waals surface area contributed by atoms with Gasteiger partial charge in [-0.3, -0.25) is 19.2 Å². The van der Waals surface area contributed by atoms with Gasteiger partial charge in [-0.05, 0) is 80.6 Å². The molecule has 9 heteroatoms. The highest BCUT2D eigenvalue weighted by molar-refractivity contribution is 8.04. The summed E-state index contributed by atoms with van der Waals surface area (Å²) in [6, 6.07) is -0.705. The molecule has 0 spiro atoms. The molecule has 1 aliphatic rings. The molecule has 42 heavy (non-hydrogen) atoms. The molecule has 0 aromatic heterocycles. The number of hydrogen-bond acceptors (Lipinski definition) is 8. The van der Waals surface area contributed by atoms with Crippen LogP contribution in [0.3, 0.4) is 0 Å². The Morgan fingerprint density at radius 3 is 1.71 bits per heavy atom. The van der Waals surface area contributed by atoms with E-state index in [4.69, 9.17) is 4.74 Å². The zero-order valence-corrected chi connectivity index (χ0v) is 30.2. The molecule has 1 rings (SSSR count). The second kappa shape index (κ2) is 16.4. The first-order valence-electron chi connectivity index (χ1n) is 15.6. The summed E-state index contributed by atoms with van der Waals surface area (Å²) in [5.41, 5.74) is -1.61. The lowest BCUT2D eigenvalue weighted by atomic mass is 9.82. The maximum atomic E-state index is 13.2. The summed E-state index contributed by atoms with van der Waals surface area (Å²) < 4.78 is 6.13. The van der Waals surface area contributed by atoms with E-state index >= 15 is 0 Å². The highest BCUT2D eigenvalue weighted by atomic mass is 32.2. The molecule has 1 amide bonds. The van der Waals surface area contributed by atoms with Gasteiger partial charge in [-0.25, -0.2) is 0 Å². The molecule has 7 nitrogen and oxygen atoms in total. The van der Waals surface area contributed by atoms with Crippen LogP contribution in [0.5, 0.6) is 0 Å². The zero-order chi connectivity index (χ0) is 32.5. The molecule has 4 atom stereocenters. The van der Waals surface area contributed by atoms with Crippen LogP contribution in [0, 0.1) is 10.8 Å². The van der Waals surface area contributed by atoms with E-state index in [9.17, 15) is 19.2 Å². The Kier molecular flexibility index (Phi) is 15.3. The first kappa shape index (κ1) is 39.1. The highest BCUT2D eigenvalue weighted by Crippen LogP contribution is 2.41. The number of rotatable bonds is 20. The number of thioether (sulfide) groups is 2. The lowest BCUT2D eigenvalue weighted by molar-refractivity contribution is -0.134. The van der Waals surface area contributed by atoms with Gasteiger partial charge in [0.1, 0.15) is 11.6 Å². The summed E-state index contributed by atoms with van der Waals surface area (Å²) in [6.45, 7) is 23.5. The number of ketones is 3. The third-order valence-corrected chi connectivity index (χ3v) is 11.6. The van der Waals surface area contributed by atoms with Crippen molar-refractivity contribution in [1.82, 2.24) is 10.6 Å². The maximum absolute atomic E-state index is 13.2. The van der Waals surface area contributed by atoms with Crippen LogP contribution in [-0.4, -0.2) is 75.1 Å². The number of nitrogens with one attached hydrogen (secondary N) is 2. The number of Topliss-reactive ketones (excluding diaryl/α,β-unsaturated/α-hetero) is 3. The fraction of sp³-hybridized carbons (Fsp3) is 0.879. The topological polar surface area (TPSA) is 102 Å². The van der Waals surface area contributed by atoms with E-state index in [1.54, 1.807) is 18.7 Å². The Morgan fingerprint density at radius 1 is 0.786 bits per heavy atom. The Hall–Kier alpha value is -0.900. The van der Waals surface area contributed by atoms with Crippen molar-refractivity contribution < 1.29 is 23.9 Å². The minimum absolute atomic E-state index is 0.0433. The van der Waals surface area contributed by atoms with E-state index < -0.39 is 17.1 Å². The monoisotopic (exact) mass is 628 g/mol. The van der Waals surface area contributed by atoms with Crippen LogP contribution in [0.2, 0.25) is 0 Å². The third-order valence-electron chi connectivity index (χ3n) is 8.43. The van der Waals surface area contributed by atoms with Crippen molar-refractivity contribution in [2.24, 2.45) is 10.8 Å². The van der Waals surface area contributed by atoms with Crippen molar-refractivity contribution in [2.75, 3.05) is 18.1 Å². The van der Waals surface area contributed by atoms with Gasteiger partial charge in [-0.2, -0.15) is 23.5 Å². The van der Waals surface area contributed by atoms with E-state index in [0.717, 1.165) is 25.0 Å². The molecule has 2 N–H and O–H groups in total. The second-order valence-corrected chi connectivity index (χ2v) is 17.5. The molecule has 4 unspecified atom stereocenters. The predicted molar refractivity (Wildman–Crippen MR) is 178 cm³/mol. The molecule has 1 fully saturated rings. The van der Waals surface area contributed by atoms with E-state index in [0.29, 0.717) is 42.1 Å². The molecule has 0 aliphatic heterocycles. The SMILES string of the molecule is CCC(C)(C)C(=O)CCC(C)(C)OCCC(C)(C)C(=O)NC(CSC1CCC1SCC(NC(C)(C)C)C(C)=O)C(C)=O. The number of carbonyl (C=O) groups is 4. The smallest absolute Gasteiger partial charge is 0.226 e. The maximum Gasteiger partial charge on any atom is 0.226 e. The minimum Gasteiger partial charge on any atom is -0.376 e. The second-order valence-electron chi connectivity index (χ2n) is 14.9. The van der Waals surface area contributed by atoms with Gasteiger partial charge in [0, 0.05) is 51.4 Å². The molecule has 1 aliphatic carbocycles. The van der Waals surface area contributed by atoms with Crippen LogP contribution < -0.4 is 10.6 Å². The first-order valence-corrected chi connectivity index (χ1v) is 17.7.